The molecule has 4 heteroatoms. The number of aliphatic carboxylic acids is 1. The zero-order valence-corrected chi connectivity index (χ0v) is 11.6. The average Bonchev–Trinajstić information content (AvgIpc) is 3.01. The van der Waals surface area contributed by atoms with Gasteiger partial charge in [0.15, 0.2) is 0 Å². The predicted octanol–water partition coefficient (Wildman–Crippen LogP) is 2.42. The quantitative estimate of drug-likeness (QED) is 0.803. The molecule has 19 heavy (non-hydrogen) atoms. The van der Waals surface area contributed by atoms with Crippen LogP contribution in [0.3, 0.4) is 0 Å². The van der Waals surface area contributed by atoms with Gasteiger partial charge in [-0.05, 0) is 38.5 Å². The third-order valence-electron chi connectivity index (χ3n) is 4.97. The molecule has 1 unspecified atom stereocenters. The van der Waals surface area contributed by atoms with Crippen LogP contribution in [0.1, 0.15) is 57.8 Å². The molecule has 3 fully saturated rings. The maximum absolute atomic E-state index is 10.7. The molecule has 4 nitrogen and oxygen atoms in total. The van der Waals surface area contributed by atoms with Crippen molar-refractivity contribution in [3.63, 3.8) is 0 Å². The van der Waals surface area contributed by atoms with Crippen molar-refractivity contribution < 1.29 is 14.6 Å². The molecule has 0 radical (unpaired) electrons. The second-order valence-electron chi connectivity index (χ2n) is 6.54. The van der Waals surface area contributed by atoms with Crippen LogP contribution in [0.4, 0.5) is 0 Å². The summed E-state index contributed by atoms with van der Waals surface area (Å²) >= 11 is 0. The number of ether oxygens (including phenoxy) is 1. The fourth-order valence-electron chi connectivity index (χ4n) is 3.77. The minimum Gasteiger partial charge on any atom is -0.481 e. The lowest BCUT2D eigenvalue weighted by Crippen LogP contribution is -2.37. The summed E-state index contributed by atoms with van der Waals surface area (Å²) in [5, 5.41) is 8.83. The van der Waals surface area contributed by atoms with Crippen molar-refractivity contribution >= 4 is 5.97 Å². The molecule has 1 atom stereocenters. The number of hydrogen-bond acceptors (Lipinski definition) is 3. The summed E-state index contributed by atoms with van der Waals surface area (Å²) in [5.74, 6) is -0.690. The summed E-state index contributed by atoms with van der Waals surface area (Å²) < 4.78 is 6.34. The topological polar surface area (TPSA) is 49.8 Å². The van der Waals surface area contributed by atoms with Crippen molar-refractivity contribution in [2.75, 3.05) is 13.1 Å². The highest BCUT2D eigenvalue weighted by molar-refractivity contribution is 5.66. The van der Waals surface area contributed by atoms with Crippen LogP contribution < -0.4 is 0 Å². The second-order valence-corrected chi connectivity index (χ2v) is 6.54. The van der Waals surface area contributed by atoms with Crippen molar-refractivity contribution in [1.82, 2.24) is 4.90 Å². The van der Waals surface area contributed by atoms with Crippen LogP contribution in [0.5, 0.6) is 0 Å². The van der Waals surface area contributed by atoms with Crippen molar-refractivity contribution in [2.24, 2.45) is 0 Å². The first kappa shape index (κ1) is 13.4. The van der Waals surface area contributed by atoms with E-state index < -0.39 is 5.97 Å². The van der Waals surface area contributed by atoms with E-state index in [9.17, 15) is 4.79 Å². The number of rotatable bonds is 6. The molecular formula is C15H25NO3. The summed E-state index contributed by atoms with van der Waals surface area (Å²) in [7, 11) is 0. The van der Waals surface area contributed by atoms with Gasteiger partial charge in [0.25, 0.3) is 0 Å². The van der Waals surface area contributed by atoms with E-state index in [0.29, 0.717) is 18.7 Å². The molecule has 1 N–H and O–H groups in total. The van der Waals surface area contributed by atoms with Crippen LogP contribution in [-0.4, -0.2) is 46.8 Å². The van der Waals surface area contributed by atoms with Crippen LogP contribution in [0.2, 0.25) is 0 Å². The lowest BCUT2D eigenvalue weighted by Gasteiger charge is -2.28. The Morgan fingerprint density at radius 1 is 1.21 bits per heavy atom. The van der Waals surface area contributed by atoms with E-state index in [1.54, 1.807) is 0 Å². The number of hydrogen-bond donors (Lipinski definition) is 1. The normalized spacial score (nSPS) is 29.4. The first-order valence-electron chi connectivity index (χ1n) is 7.81. The van der Waals surface area contributed by atoms with Crippen molar-refractivity contribution in [1.29, 1.82) is 0 Å². The Hall–Kier alpha value is -0.610. The van der Waals surface area contributed by atoms with Gasteiger partial charge in [0.1, 0.15) is 0 Å². The number of carboxylic acids is 1. The molecule has 0 aromatic rings. The molecule has 108 valence electrons. The van der Waals surface area contributed by atoms with E-state index in [2.05, 4.69) is 4.90 Å². The highest BCUT2D eigenvalue weighted by atomic mass is 16.5. The maximum Gasteiger partial charge on any atom is 0.304 e. The van der Waals surface area contributed by atoms with Gasteiger partial charge in [0, 0.05) is 19.1 Å². The lowest BCUT2D eigenvalue weighted by molar-refractivity contribution is -0.137. The van der Waals surface area contributed by atoms with Crippen molar-refractivity contribution in [3.8, 4) is 0 Å². The van der Waals surface area contributed by atoms with E-state index in [-0.39, 0.29) is 12.0 Å². The van der Waals surface area contributed by atoms with Crippen molar-refractivity contribution in [3.05, 3.63) is 0 Å². The van der Waals surface area contributed by atoms with Gasteiger partial charge in [-0.2, -0.15) is 0 Å². The third-order valence-corrected chi connectivity index (χ3v) is 4.97. The first-order valence-corrected chi connectivity index (χ1v) is 7.81. The zero-order chi connectivity index (χ0) is 13.3. The van der Waals surface area contributed by atoms with Crippen molar-refractivity contribution in [2.45, 2.75) is 75.5 Å². The Labute approximate surface area is 115 Å². The molecule has 1 spiro atoms. The Kier molecular flexibility index (Phi) is 3.81. The van der Waals surface area contributed by atoms with Gasteiger partial charge in [-0.3, -0.25) is 9.69 Å². The third kappa shape index (κ3) is 3.29. The summed E-state index contributed by atoms with van der Waals surface area (Å²) in [6.45, 7) is 1.63. The molecule has 3 rings (SSSR count). The number of carboxylic acid groups (broad SMARTS) is 1. The molecule has 3 aliphatic rings. The second kappa shape index (κ2) is 5.41. The van der Waals surface area contributed by atoms with Crippen LogP contribution in [-0.2, 0) is 9.53 Å². The van der Waals surface area contributed by atoms with Gasteiger partial charge in [0.05, 0.1) is 18.1 Å². The van der Waals surface area contributed by atoms with Gasteiger partial charge >= 0.3 is 5.97 Å². The van der Waals surface area contributed by atoms with Gasteiger partial charge in [0.2, 0.25) is 0 Å². The van der Waals surface area contributed by atoms with E-state index in [4.69, 9.17) is 9.84 Å². The minimum absolute atomic E-state index is 0.201. The molecule has 0 amide bonds. The van der Waals surface area contributed by atoms with E-state index in [1.165, 1.54) is 44.9 Å². The Balaban J connectivity index is 1.50. The van der Waals surface area contributed by atoms with E-state index in [1.807, 2.05) is 0 Å². The zero-order valence-electron chi connectivity index (χ0n) is 11.6. The Morgan fingerprint density at radius 3 is 2.58 bits per heavy atom. The van der Waals surface area contributed by atoms with Crippen LogP contribution >= 0.6 is 0 Å². The largest absolute Gasteiger partial charge is 0.481 e. The van der Waals surface area contributed by atoms with Crippen LogP contribution in [0.15, 0.2) is 0 Å². The summed E-state index contributed by atoms with van der Waals surface area (Å²) in [6.07, 6.45) is 10.6. The fraction of sp³-hybridized carbons (Fsp3) is 0.933. The Bertz CT molecular complexity index is 334. The molecule has 0 aromatic heterocycles. The SMILES string of the molecule is O=C(O)CCN(CC1CCC2(CCCC2)O1)C1CC1. The minimum atomic E-state index is -0.690. The summed E-state index contributed by atoms with van der Waals surface area (Å²) in [6, 6.07) is 0.628. The average molecular weight is 267 g/mol. The van der Waals surface area contributed by atoms with E-state index in [0.717, 1.165) is 13.0 Å². The summed E-state index contributed by atoms with van der Waals surface area (Å²) in [5.41, 5.74) is 0.201. The summed E-state index contributed by atoms with van der Waals surface area (Å²) in [4.78, 5) is 13.1. The Morgan fingerprint density at radius 2 is 1.95 bits per heavy atom. The molecule has 2 aliphatic carbocycles. The predicted molar refractivity (Wildman–Crippen MR) is 72.2 cm³/mol. The monoisotopic (exact) mass is 267 g/mol. The molecule has 2 saturated carbocycles. The lowest BCUT2D eigenvalue weighted by atomic mass is 9.98. The molecular weight excluding hydrogens is 242 g/mol. The van der Waals surface area contributed by atoms with Crippen LogP contribution in [0.25, 0.3) is 0 Å². The molecule has 1 aliphatic heterocycles. The first-order chi connectivity index (χ1) is 9.17. The molecule has 0 aromatic carbocycles. The van der Waals surface area contributed by atoms with Gasteiger partial charge in [-0.15, -0.1) is 0 Å². The van der Waals surface area contributed by atoms with Crippen LogP contribution in [0, 0.1) is 0 Å². The van der Waals surface area contributed by atoms with Gasteiger partial charge in [-0.1, -0.05) is 12.8 Å². The standard InChI is InChI=1S/C15H25NO3/c17-14(18)6-10-16(12-3-4-12)11-13-5-9-15(19-13)7-1-2-8-15/h12-13H,1-11H2,(H,17,18). The fourth-order valence-corrected chi connectivity index (χ4v) is 3.77. The number of nitrogens with zero attached hydrogens (tertiary/aromatic N) is 1. The van der Waals surface area contributed by atoms with Gasteiger partial charge < -0.3 is 9.84 Å². The molecule has 0 bridgehead atoms. The number of carbonyl (C=O) groups is 1. The van der Waals surface area contributed by atoms with Gasteiger partial charge in [-0.25, -0.2) is 0 Å². The molecule has 1 saturated heterocycles. The maximum atomic E-state index is 10.7. The highest BCUT2D eigenvalue weighted by Crippen LogP contribution is 2.43. The smallest absolute Gasteiger partial charge is 0.304 e. The molecule has 1 heterocycles. The highest BCUT2D eigenvalue weighted by Gasteiger charge is 2.43. The van der Waals surface area contributed by atoms with E-state index >= 15 is 0 Å².